The normalized spacial score (nSPS) is 16.8. The Hall–Kier alpha value is -2.75. The summed E-state index contributed by atoms with van der Waals surface area (Å²) in [6, 6.07) is 14.6. The zero-order valence-corrected chi connectivity index (χ0v) is 18.0. The van der Waals surface area contributed by atoms with Gasteiger partial charge in [-0.2, -0.15) is 0 Å². The second-order valence-electron chi connectivity index (χ2n) is 9.49. The number of ketones is 1. The first-order chi connectivity index (χ1) is 14.4. The number of hydrogen-bond donors (Lipinski definition) is 1. The molecule has 30 heavy (non-hydrogen) atoms. The van der Waals surface area contributed by atoms with E-state index in [1.807, 2.05) is 18.2 Å². The minimum atomic E-state index is -0.359. The first-order valence-corrected chi connectivity index (χ1v) is 11.0. The number of H-pyrrole nitrogens is 1. The van der Waals surface area contributed by atoms with Crippen molar-refractivity contribution >= 4 is 16.7 Å². The van der Waals surface area contributed by atoms with Gasteiger partial charge in [0, 0.05) is 23.0 Å². The van der Waals surface area contributed by atoms with Crippen LogP contribution in [-0.4, -0.2) is 17.6 Å². The molecule has 2 aromatic carbocycles. The van der Waals surface area contributed by atoms with Gasteiger partial charge in [0.25, 0.3) is 0 Å². The second-order valence-corrected chi connectivity index (χ2v) is 9.49. The molecule has 0 amide bonds. The molecule has 5 rings (SSSR count). The highest BCUT2D eigenvalue weighted by atomic mass is 16.7. The zero-order valence-electron chi connectivity index (χ0n) is 18.0. The van der Waals surface area contributed by atoms with Crippen LogP contribution in [0.15, 0.2) is 42.5 Å². The average molecular weight is 404 g/mol. The lowest BCUT2D eigenvalue weighted by Gasteiger charge is -2.22. The average Bonchev–Trinajstić information content (AvgIpc) is 3.19. The van der Waals surface area contributed by atoms with E-state index in [-0.39, 0.29) is 17.6 Å². The van der Waals surface area contributed by atoms with Crippen LogP contribution in [0.2, 0.25) is 0 Å². The summed E-state index contributed by atoms with van der Waals surface area (Å²) in [4.78, 5) is 16.9. The third kappa shape index (κ3) is 3.19. The minimum Gasteiger partial charge on any atom is -0.454 e. The molecule has 0 spiro atoms. The Balaban J connectivity index is 1.38. The van der Waals surface area contributed by atoms with E-state index in [2.05, 4.69) is 50.0 Å². The molecule has 2 aliphatic rings. The van der Waals surface area contributed by atoms with Gasteiger partial charge in [-0.05, 0) is 66.1 Å². The largest absolute Gasteiger partial charge is 0.454 e. The molecule has 1 aromatic heterocycles. The molecule has 1 aliphatic heterocycles. The number of fused-ring (bicyclic) bond motifs is 2. The van der Waals surface area contributed by atoms with Gasteiger partial charge in [-0.25, -0.2) is 0 Å². The third-order valence-electron chi connectivity index (χ3n) is 6.86. The molecular weight excluding hydrogens is 374 g/mol. The summed E-state index contributed by atoms with van der Waals surface area (Å²) >= 11 is 0. The minimum absolute atomic E-state index is 0.126. The van der Waals surface area contributed by atoms with E-state index in [0.717, 1.165) is 53.8 Å². The van der Waals surface area contributed by atoms with E-state index in [0.29, 0.717) is 12.2 Å². The maximum absolute atomic E-state index is 13.3. The molecule has 0 saturated heterocycles. The fraction of sp³-hybridized carbons (Fsp3) is 0.423. The highest BCUT2D eigenvalue weighted by molar-refractivity contribution is 5.95. The van der Waals surface area contributed by atoms with Gasteiger partial charge >= 0.3 is 0 Å². The number of ether oxygens (including phenoxy) is 2. The Morgan fingerprint density at radius 2 is 1.87 bits per heavy atom. The summed E-state index contributed by atoms with van der Waals surface area (Å²) in [5.41, 5.74) is 4.31. The smallest absolute Gasteiger partial charge is 0.231 e. The Morgan fingerprint density at radius 1 is 1.07 bits per heavy atom. The van der Waals surface area contributed by atoms with Crippen molar-refractivity contribution in [3.05, 3.63) is 59.3 Å². The Morgan fingerprint density at radius 3 is 2.63 bits per heavy atom. The van der Waals surface area contributed by atoms with E-state index < -0.39 is 0 Å². The molecule has 0 unspecified atom stereocenters. The lowest BCUT2D eigenvalue weighted by molar-refractivity contribution is -0.120. The first-order valence-electron chi connectivity index (χ1n) is 11.0. The molecule has 2 heterocycles. The van der Waals surface area contributed by atoms with Gasteiger partial charge in [-0.1, -0.05) is 39.3 Å². The number of nitrogens with one attached hydrogen (secondary N) is 1. The van der Waals surface area contributed by atoms with Crippen LogP contribution in [0.5, 0.6) is 11.5 Å². The van der Waals surface area contributed by atoms with Gasteiger partial charge in [0.15, 0.2) is 11.5 Å². The van der Waals surface area contributed by atoms with E-state index >= 15 is 0 Å². The molecule has 1 saturated carbocycles. The Labute approximate surface area is 177 Å². The van der Waals surface area contributed by atoms with Crippen molar-refractivity contribution in [2.24, 2.45) is 0 Å². The molecule has 0 radical (unpaired) electrons. The van der Waals surface area contributed by atoms with Crippen molar-refractivity contribution in [2.75, 3.05) is 6.79 Å². The zero-order chi connectivity index (χ0) is 20.9. The lowest BCUT2D eigenvalue weighted by Crippen LogP contribution is -2.22. The van der Waals surface area contributed by atoms with Crippen LogP contribution in [0, 0.1) is 0 Å². The highest BCUT2D eigenvalue weighted by Crippen LogP contribution is 2.51. The Bertz CT molecular complexity index is 1120. The van der Waals surface area contributed by atoms with Crippen LogP contribution in [0.1, 0.15) is 63.3 Å². The summed E-state index contributed by atoms with van der Waals surface area (Å²) in [6.07, 6.45) is 4.58. The third-order valence-corrected chi connectivity index (χ3v) is 6.86. The quantitative estimate of drug-likeness (QED) is 0.541. The summed E-state index contributed by atoms with van der Waals surface area (Å²) in [7, 11) is 0. The van der Waals surface area contributed by atoms with Crippen molar-refractivity contribution in [2.45, 2.75) is 63.7 Å². The van der Waals surface area contributed by atoms with Crippen LogP contribution >= 0.6 is 0 Å². The van der Waals surface area contributed by atoms with Gasteiger partial charge in [-0.3, -0.25) is 4.79 Å². The number of Topliss-reactive ketones (excluding diaryl/α,β-unsaturated/α-hetero) is 1. The van der Waals surface area contributed by atoms with Crippen molar-refractivity contribution in [3.8, 4) is 11.5 Å². The molecule has 1 fully saturated rings. The predicted molar refractivity (Wildman–Crippen MR) is 118 cm³/mol. The van der Waals surface area contributed by atoms with E-state index in [9.17, 15) is 4.79 Å². The van der Waals surface area contributed by atoms with E-state index in [1.54, 1.807) is 0 Å². The number of aromatic nitrogens is 1. The number of carbonyl (C=O) groups is 1. The maximum Gasteiger partial charge on any atom is 0.231 e. The number of hydrogen-bond acceptors (Lipinski definition) is 3. The van der Waals surface area contributed by atoms with Crippen molar-refractivity contribution < 1.29 is 14.3 Å². The highest BCUT2D eigenvalue weighted by Gasteiger charge is 2.50. The molecule has 1 N–H and O–H groups in total. The summed E-state index contributed by atoms with van der Waals surface area (Å²) in [6.45, 7) is 7.05. The number of rotatable bonds is 7. The van der Waals surface area contributed by atoms with Crippen LogP contribution in [0.25, 0.3) is 10.9 Å². The molecular formula is C26H29NO3. The van der Waals surface area contributed by atoms with Crippen molar-refractivity contribution in [1.82, 2.24) is 4.98 Å². The molecule has 4 heteroatoms. The predicted octanol–water partition coefficient (Wildman–Crippen LogP) is 5.82. The molecule has 1 aliphatic carbocycles. The van der Waals surface area contributed by atoms with E-state index in [4.69, 9.17) is 9.47 Å². The summed E-state index contributed by atoms with van der Waals surface area (Å²) in [5.74, 6) is 1.81. The monoisotopic (exact) mass is 403 g/mol. The van der Waals surface area contributed by atoms with Crippen molar-refractivity contribution in [3.63, 3.8) is 0 Å². The summed E-state index contributed by atoms with van der Waals surface area (Å²) in [5, 5.41) is 1.19. The number of aromatic amines is 1. The number of carbonyl (C=O) groups excluding carboxylic acids is 1. The SMILES string of the molecule is CCCC(C)(C)c1cc2cc(CC(=O)C3(c4ccc5c(c4)OCO5)CC3)ccc2[nH]1. The topological polar surface area (TPSA) is 51.3 Å². The lowest BCUT2D eigenvalue weighted by atomic mass is 9.84. The van der Waals surface area contributed by atoms with Gasteiger partial charge in [0.1, 0.15) is 5.78 Å². The van der Waals surface area contributed by atoms with Gasteiger partial charge in [-0.15, -0.1) is 0 Å². The molecule has 3 aromatic rings. The molecule has 0 bridgehead atoms. The molecule has 0 atom stereocenters. The summed E-state index contributed by atoms with van der Waals surface area (Å²) < 4.78 is 10.9. The van der Waals surface area contributed by atoms with E-state index in [1.165, 1.54) is 11.1 Å². The van der Waals surface area contributed by atoms with Crippen LogP contribution < -0.4 is 9.47 Å². The van der Waals surface area contributed by atoms with Gasteiger partial charge in [0.2, 0.25) is 6.79 Å². The second kappa shape index (κ2) is 6.90. The fourth-order valence-corrected chi connectivity index (χ4v) is 4.82. The maximum atomic E-state index is 13.3. The van der Waals surface area contributed by atoms with Gasteiger partial charge in [0.05, 0.1) is 5.41 Å². The Kier molecular flexibility index (Phi) is 4.42. The van der Waals surface area contributed by atoms with Gasteiger partial charge < -0.3 is 14.5 Å². The van der Waals surface area contributed by atoms with Crippen LogP contribution in [0.3, 0.4) is 0 Å². The van der Waals surface area contributed by atoms with Crippen LogP contribution in [0.4, 0.5) is 0 Å². The molecule has 4 nitrogen and oxygen atoms in total. The van der Waals surface area contributed by atoms with Crippen molar-refractivity contribution in [1.29, 1.82) is 0 Å². The number of benzene rings is 2. The first kappa shape index (κ1) is 19.2. The van der Waals surface area contributed by atoms with Crippen LogP contribution in [-0.2, 0) is 22.0 Å². The molecule has 156 valence electrons. The fourth-order valence-electron chi connectivity index (χ4n) is 4.82. The standard InChI is InChI=1S/C26H29NO3/c1-4-9-25(2,3)23-14-18-12-17(5-7-20(18)27-23)13-24(28)26(10-11-26)19-6-8-21-22(15-19)30-16-29-21/h5-8,12,14-15,27H,4,9-11,13,16H2,1-3H3.